The van der Waals surface area contributed by atoms with Gasteiger partial charge >= 0.3 is 0 Å². The van der Waals surface area contributed by atoms with Gasteiger partial charge in [0.05, 0.1) is 0 Å². The average molecular weight is 166 g/mol. The zero-order valence-corrected chi connectivity index (χ0v) is 8.72. The van der Waals surface area contributed by atoms with Gasteiger partial charge in [-0.2, -0.15) is 0 Å². The molecule has 12 heavy (non-hydrogen) atoms. The Hall–Kier alpha value is 0. The van der Waals surface area contributed by atoms with Gasteiger partial charge in [-0.3, -0.25) is 0 Å². The lowest BCUT2D eigenvalue weighted by atomic mass is 9.83. The summed E-state index contributed by atoms with van der Waals surface area (Å²) in [6.07, 6.45) is 6.01. The fourth-order valence-electron chi connectivity index (χ4n) is 4.01. The lowest BCUT2D eigenvalue weighted by Crippen LogP contribution is -2.16. The standard InChI is InChI=1S/C12H22/c1-4-10-7-11-6-5-8(2)12(11)9(10)3/h8-12H,4-7H2,1-3H3/t8-,9-,10+,11?,12?/m1/s1. The number of hydrogen-bond acceptors (Lipinski definition) is 0. The summed E-state index contributed by atoms with van der Waals surface area (Å²) in [6, 6.07) is 0. The quantitative estimate of drug-likeness (QED) is 0.557. The van der Waals surface area contributed by atoms with Crippen molar-refractivity contribution in [2.24, 2.45) is 29.6 Å². The number of fused-ring (bicyclic) bond motifs is 1. The number of hydrogen-bond donors (Lipinski definition) is 0. The Bertz CT molecular complexity index is 161. The molecule has 2 rings (SSSR count). The SMILES string of the molecule is CC[C@H]1CC2CC[C@@H](C)C2[C@@H]1C. The Balaban J connectivity index is 2.09. The predicted octanol–water partition coefficient (Wildman–Crippen LogP) is 3.71. The predicted molar refractivity (Wildman–Crippen MR) is 52.9 cm³/mol. The van der Waals surface area contributed by atoms with E-state index in [2.05, 4.69) is 20.8 Å². The Morgan fingerprint density at radius 3 is 2.50 bits per heavy atom. The van der Waals surface area contributed by atoms with Gasteiger partial charge in [-0.05, 0) is 42.4 Å². The highest BCUT2D eigenvalue weighted by molar-refractivity contribution is 4.94. The van der Waals surface area contributed by atoms with Crippen LogP contribution in [0.15, 0.2) is 0 Å². The van der Waals surface area contributed by atoms with Gasteiger partial charge in [0.15, 0.2) is 0 Å². The van der Waals surface area contributed by atoms with Crippen molar-refractivity contribution in [1.82, 2.24) is 0 Å². The van der Waals surface area contributed by atoms with Gasteiger partial charge in [-0.25, -0.2) is 0 Å². The van der Waals surface area contributed by atoms with E-state index in [0.29, 0.717) is 0 Å². The van der Waals surface area contributed by atoms with Crippen molar-refractivity contribution >= 4 is 0 Å². The van der Waals surface area contributed by atoms with Crippen LogP contribution >= 0.6 is 0 Å². The van der Waals surface area contributed by atoms with E-state index in [1.54, 1.807) is 6.42 Å². The molecule has 2 saturated carbocycles. The summed E-state index contributed by atoms with van der Waals surface area (Å²) in [5.41, 5.74) is 0. The van der Waals surface area contributed by atoms with Crippen molar-refractivity contribution in [2.75, 3.05) is 0 Å². The molecule has 0 spiro atoms. The van der Waals surface area contributed by atoms with E-state index in [9.17, 15) is 0 Å². The zero-order chi connectivity index (χ0) is 8.72. The normalized spacial score (nSPS) is 52.8. The molecule has 0 amide bonds. The van der Waals surface area contributed by atoms with E-state index < -0.39 is 0 Å². The van der Waals surface area contributed by atoms with E-state index in [1.165, 1.54) is 19.3 Å². The largest absolute Gasteiger partial charge is 0.0651 e. The Morgan fingerprint density at radius 2 is 1.92 bits per heavy atom. The molecule has 0 heteroatoms. The monoisotopic (exact) mass is 166 g/mol. The maximum Gasteiger partial charge on any atom is -0.0332 e. The van der Waals surface area contributed by atoms with Crippen molar-refractivity contribution in [2.45, 2.75) is 46.5 Å². The van der Waals surface area contributed by atoms with Crippen LogP contribution in [-0.2, 0) is 0 Å². The smallest absolute Gasteiger partial charge is 0.0332 e. The van der Waals surface area contributed by atoms with Crippen LogP contribution < -0.4 is 0 Å². The topological polar surface area (TPSA) is 0 Å². The molecular weight excluding hydrogens is 144 g/mol. The molecule has 0 radical (unpaired) electrons. The molecule has 0 aromatic heterocycles. The summed E-state index contributed by atoms with van der Waals surface area (Å²) in [5.74, 6) is 5.32. The minimum atomic E-state index is 1.03. The van der Waals surface area contributed by atoms with E-state index in [1.807, 2.05) is 0 Å². The summed E-state index contributed by atoms with van der Waals surface area (Å²) >= 11 is 0. The minimum Gasteiger partial charge on any atom is -0.0651 e. The van der Waals surface area contributed by atoms with E-state index in [4.69, 9.17) is 0 Å². The van der Waals surface area contributed by atoms with Crippen molar-refractivity contribution in [3.63, 3.8) is 0 Å². The first-order valence-electron chi connectivity index (χ1n) is 5.74. The van der Waals surface area contributed by atoms with Gasteiger partial charge < -0.3 is 0 Å². The van der Waals surface area contributed by atoms with Crippen LogP contribution in [0.3, 0.4) is 0 Å². The lowest BCUT2D eigenvalue weighted by molar-refractivity contribution is 0.265. The van der Waals surface area contributed by atoms with Crippen molar-refractivity contribution in [1.29, 1.82) is 0 Å². The first kappa shape index (κ1) is 8.59. The first-order chi connectivity index (χ1) is 5.74. The summed E-state index contributed by atoms with van der Waals surface area (Å²) in [7, 11) is 0. The maximum absolute atomic E-state index is 2.50. The van der Waals surface area contributed by atoms with Crippen LogP contribution in [0.1, 0.15) is 46.5 Å². The fraction of sp³-hybridized carbons (Fsp3) is 1.00. The molecule has 2 fully saturated rings. The summed E-state index contributed by atoms with van der Waals surface area (Å²) < 4.78 is 0. The molecule has 0 N–H and O–H groups in total. The average Bonchev–Trinajstić information content (AvgIpc) is 2.55. The second kappa shape index (κ2) is 3.05. The van der Waals surface area contributed by atoms with Gasteiger partial charge in [0.25, 0.3) is 0 Å². The van der Waals surface area contributed by atoms with Gasteiger partial charge in [0.1, 0.15) is 0 Å². The van der Waals surface area contributed by atoms with E-state index in [0.717, 1.165) is 29.6 Å². The molecule has 0 nitrogen and oxygen atoms in total. The Labute approximate surface area is 76.7 Å². The molecule has 2 aliphatic rings. The molecule has 2 unspecified atom stereocenters. The summed E-state index contributed by atoms with van der Waals surface area (Å²) in [6.45, 7) is 7.34. The van der Waals surface area contributed by atoms with Gasteiger partial charge in [0.2, 0.25) is 0 Å². The van der Waals surface area contributed by atoms with Gasteiger partial charge in [0, 0.05) is 0 Å². The molecular formula is C12H22. The van der Waals surface area contributed by atoms with Gasteiger partial charge in [-0.1, -0.05) is 33.6 Å². The zero-order valence-electron chi connectivity index (χ0n) is 8.72. The van der Waals surface area contributed by atoms with Crippen LogP contribution in [0.5, 0.6) is 0 Å². The Kier molecular flexibility index (Phi) is 2.18. The van der Waals surface area contributed by atoms with Crippen molar-refractivity contribution < 1.29 is 0 Å². The van der Waals surface area contributed by atoms with E-state index >= 15 is 0 Å². The second-order valence-corrected chi connectivity index (χ2v) is 5.16. The second-order valence-electron chi connectivity index (χ2n) is 5.16. The van der Waals surface area contributed by atoms with Crippen molar-refractivity contribution in [3.8, 4) is 0 Å². The molecule has 0 bridgehead atoms. The van der Waals surface area contributed by atoms with Crippen LogP contribution in [-0.4, -0.2) is 0 Å². The first-order valence-corrected chi connectivity index (χ1v) is 5.74. The van der Waals surface area contributed by atoms with Crippen LogP contribution in [0.2, 0.25) is 0 Å². The molecule has 5 atom stereocenters. The van der Waals surface area contributed by atoms with Crippen LogP contribution in [0, 0.1) is 29.6 Å². The Morgan fingerprint density at radius 1 is 1.17 bits per heavy atom. The molecule has 0 saturated heterocycles. The maximum atomic E-state index is 2.50. The number of rotatable bonds is 1. The third-order valence-corrected chi connectivity index (χ3v) is 4.67. The minimum absolute atomic E-state index is 1.03. The van der Waals surface area contributed by atoms with Gasteiger partial charge in [-0.15, -0.1) is 0 Å². The molecule has 0 aromatic rings. The highest BCUT2D eigenvalue weighted by atomic mass is 14.5. The third kappa shape index (κ3) is 1.11. The summed E-state index contributed by atoms with van der Waals surface area (Å²) in [4.78, 5) is 0. The summed E-state index contributed by atoms with van der Waals surface area (Å²) in [5, 5.41) is 0. The molecule has 2 aliphatic carbocycles. The molecule has 0 aromatic carbocycles. The molecule has 0 aliphatic heterocycles. The lowest BCUT2D eigenvalue weighted by Gasteiger charge is -2.22. The highest BCUT2D eigenvalue weighted by Crippen LogP contribution is 2.53. The molecule has 0 heterocycles. The van der Waals surface area contributed by atoms with Crippen LogP contribution in [0.25, 0.3) is 0 Å². The van der Waals surface area contributed by atoms with E-state index in [-0.39, 0.29) is 0 Å². The van der Waals surface area contributed by atoms with Crippen molar-refractivity contribution in [3.05, 3.63) is 0 Å². The van der Waals surface area contributed by atoms with Crippen LogP contribution in [0.4, 0.5) is 0 Å². The molecule has 70 valence electrons. The third-order valence-electron chi connectivity index (χ3n) is 4.67. The highest BCUT2D eigenvalue weighted by Gasteiger charge is 2.45. The fourth-order valence-corrected chi connectivity index (χ4v) is 4.01.